The normalized spacial score (nSPS) is 20.2. The first-order chi connectivity index (χ1) is 18.5. The van der Waals surface area contributed by atoms with E-state index in [2.05, 4.69) is 32.9 Å². The van der Waals surface area contributed by atoms with Crippen LogP contribution in [0.1, 0.15) is 117 Å². The molecule has 0 amide bonds. The largest absolute Gasteiger partial charge is 0.416 e. The Balaban J connectivity index is 1.75. The molecule has 2 aromatic carbocycles. The van der Waals surface area contributed by atoms with Gasteiger partial charge in [0.1, 0.15) is 0 Å². The lowest BCUT2D eigenvalue weighted by atomic mass is 9.71. The van der Waals surface area contributed by atoms with Crippen molar-refractivity contribution in [3.05, 3.63) is 87.7 Å². The monoisotopic (exact) mass is 539 g/mol. The summed E-state index contributed by atoms with van der Waals surface area (Å²) in [5, 5.41) is 11.4. The molecule has 3 aromatic rings. The van der Waals surface area contributed by atoms with Crippen LogP contribution in [0.4, 0.5) is 17.6 Å². The predicted molar refractivity (Wildman–Crippen MR) is 146 cm³/mol. The standard InChI is InChI=1S/C33H37F4NO/c1-4-7-20-10-12-21(13-11-20)27-28-25(18-32(2,3)19-26(28)39)38-31(23-8-5-6-9-23)29(27)30(34)22-14-16-24(17-15-22)33(35,36)37/h10-17,23,26,30,39H,4-9,18-19H2,1-3H3/t26-,30-/m0/s1. The second-order valence-electron chi connectivity index (χ2n) is 12.1. The smallest absolute Gasteiger partial charge is 0.388 e. The van der Waals surface area contributed by atoms with Crippen molar-refractivity contribution >= 4 is 0 Å². The van der Waals surface area contributed by atoms with Crippen LogP contribution in [0.15, 0.2) is 48.5 Å². The maximum Gasteiger partial charge on any atom is 0.416 e. The van der Waals surface area contributed by atoms with E-state index < -0.39 is 24.0 Å². The van der Waals surface area contributed by atoms with Gasteiger partial charge in [-0.1, -0.05) is 76.4 Å². The molecule has 0 unspecified atom stereocenters. The molecule has 1 fully saturated rings. The molecular formula is C33H37F4NO. The summed E-state index contributed by atoms with van der Waals surface area (Å²) in [6.07, 6.45) is 0.0573. The summed E-state index contributed by atoms with van der Waals surface area (Å²) in [4.78, 5) is 5.10. The van der Waals surface area contributed by atoms with Crippen LogP contribution in [0.3, 0.4) is 0 Å². The van der Waals surface area contributed by atoms with Gasteiger partial charge in [0.2, 0.25) is 0 Å². The first-order valence-corrected chi connectivity index (χ1v) is 14.1. The summed E-state index contributed by atoms with van der Waals surface area (Å²) < 4.78 is 56.5. The van der Waals surface area contributed by atoms with E-state index in [1.165, 1.54) is 17.7 Å². The highest BCUT2D eigenvalue weighted by Gasteiger charge is 2.39. The zero-order valence-electron chi connectivity index (χ0n) is 22.9. The molecule has 2 aliphatic carbocycles. The van der Waals surface area contributed by atoms with E-state index >= 15 is 4.39 Å². The van der Waals surface area contributed by atoms with Crippen molar-refractivity contribution in [3.63, 3.8) is 0 Å². The van der Waals surface area contributed by atoms with Gasteiger partial charge in [-0.2, -0.15) is 13.2 Å². The van der Waals surface area contributed by atoms with E-state index in [-0.39, 0.29) is 16.9 Å². The summed E-state index contributed by atoms with van der Waals surface area (Å²) in [5.41, 5.74) is 4.47. The van der Waals surface area contributed by atoms with Gasteiger partial charge in [0.15, 0.2) is 6.17 Å². The number of benzene rings is 2. The van der Waals surface area contributed by atoms with Crippen molar-refractivity contribution in [1.82, 2.24) is 4.98 Å². The number of aryl methyl sites for hydroxylation is 1. The average Bonchev–Trinajstić information content (AvgIpc) is 3.42. The van der Waals surface area contributed by atoms with Gasteiger partial charge < -0.3 is 5.11 Å². The molecule has 0 radical (unpaired) electrons. The Morgan fingerprint density at radius 1 is 1.00 bits per heavy atom. The fourth-order valence-corrected chi connectivity index (χ4v) is 6.54. The Morgan fingerprint density at radius 2 is 1.64 bits per heavy atom. The fourth-order valence-electron chi connectivity index (χ4n) is 6.54. The van der Waals surface area contributed by atoms with E-state index in [0.29, 0.717) is 35.2 Å². The van der Waals surface area contributed by atoms with Crippen molar-refractivity contribution in [2.45, 2.75) is 96.5 Å². The Hall–Kier alpha value is -2.73. The molecule has 1 saturated carbocycles. The quantitative estimate of drug-likeness (QED) is 0.317. The number of alkyl halides is 4. The summed E-state index contributed by atoms with van der Waals surface area (Å²) in [5.74, 6) is 0.0818. The minimum Gasteiger partial charge on any atom is -0.388 e. The Kier molecular flexibility index (Phi) is 7.62. The molecule has 0 spiro atoms. The zero-order valence-corrected chi connectivity index (χ0v) is 22.9. The third kappa shape index (κ3) is 5.63. The van der Waals surface area contributed by atoms with Crippen LogP contribution < -0.4 is 0 Å². The van der Waals surface area contributed by atoms with Crippen molar-refractivity contribution in [2.24, 2.45) is 5.41 Å². The Bertz CT molecular complexity index is 1310. The minimum atomic E-state index is -4.49. The number of fused-ring (bicyclic) bond motifs is 1. The van der Waals surface area contributed by atoms with E-state index in [1.807, 2.05) is 12.1 Å². The summed E-state index contributed by atoms with van der Waals surface area (Å²) >= 11 is 0. The number of hydrogen-bond acceptors (Lipinski definition) is 2. The van der Waals surface area contributed by atoms with Crippen molar-refractivity contribution < 1.29 is 22.7 Å². The number of hydrogen-bond donors (Lipinski definition) is 1. The first kappa shape index (κ1) is 27.8. The highest BCUT2D eigenvalue weighted by Crippen LogP contribution is 2.51. The SMILES string of the molecule is CCCc1ccc(-c2c([C@@H](F)c3ccc(C(F)(F)F)cc3)c(C3CCCC3)nc3c2[C@@H](O)CC(C)(C)C3)cc1. The summed E-state index contributed by atoms with van der Waals surface area (Å²) in [6.45, 7) is 6.35. The van der Waals surface area contributed by atoms with E-state index in [4.69, 9.17) is 4.98 Å². The molecular weight excluding hydrogens is 502 g/mol. The number of aliphatic hydroxyl groups is 1. The molecule has 2 atom stereocenters. The molecule has 2 nitrogen and oxygen atoms in total. The molecule has 208 valence electrons. The van der Waals surface area contributed by atoms with Gasteiger partial charge in [-0.3, -0.25) is 4.98 Å². The summed E-state index contributed by atoms with van der Waals surface area (Å²) in [7, 11) is 0. The van der Waals surface area contributed by atoms with Crippen LogP contribution in [-0.2, 0) is 19.0 Å². The van der Waals surface area contributed by atoms with Gasteiger partial charge in [0.25, 0.3) is 0 Å². The molecule has 39 heavy (non-hydrogen) atoms. The van der Waals surface area contributed by atoms with E-state index in [0.717, 1.165) is 61.9 Å². The molecule has 2 aliphatic rings. The van der Waals surface area contributed by atoms with Gasteiger partial charge in [-0.25, -0.2) is 4.39 Å². The average molecular weight is 540 g/mol. The predicted octanol–water partition coefficient (Wildman–Crippen LogP) is 9.44. The molecule has 0 aliphatic heterocycles. The Morgan fingerprint density at radius 3 is 2.23 bits per heavy atom. The number of rotatable bonds is 6. The molecule has 1 aromatic heterocycles. The second-order valence-corrected chi connectivity index (χ2v) is 12.1. The van der Waals surface area contributed by atoms with Crippen LogP contribution in [0.5, 0.6) is 0 Å². The van der Waals surface area contributed by atoms with Crippen LogP contribution in [0.25, 0.3) is 11.1 Å². The molecule has 6 heteroatoms. The van der Waals surface area contributed by atoms with Crippen molar-refractivity contribution in [3.8, 4) is 11.1 Å². The van der Waals surface area contributed by atoms with Crippen molar-refractivity contribution in [2.75, 3.05) is 0 Å². The number of aliphatic hydroxyl groups excluding tert-OH is 1. The van der Waals surface area contributed by atoms with Gasteiger partial charge in [-0.05, 0) is 71.9 Å². The van der Waals surface area contributed by atoms with Crippen LogP contribution in [0, 0.1) is 5.41 Å². The highest BCUT2D eigenvalue weighted by molar-refractivity contribution is 5.75. The number of pyridine rings is 1. The topological polar surface area (TPSA) is 33.1 Å². The van der Waals surface area contributed by atoms with Gasteiger partial charge in [0, 0.05) is 22.7 Å². The van der Waals surface area contributed by atoms with Crippen LogP contribution in [-0.4, -0.2) is 10.1 Å². The van der Waals surface area contributed by atoms with Crippen LogP contribution in [0.2, 0.25) is 0 Å². The highest BCUT2D eigenvalue weighted by atomic mass is 19.4. The van der Waals surface area contributed by atoms with Gasteiger partial charge >= 0.3 is 6.18 Å². The Labute approximate surface area is 228 Å². The van der Waals surface area contributed by atoms with Crippen LogP contribution >= 0.6 is 0 Å². The fraction of sp³-hybridized carbons (Fsp3) is 0.485. The lowest BCUT2D eigenvalue weighted by molar-refractivity contribution is -0.137. The number of aromatic nitrogens is 1. The second kappa shape index (κ2) is 10.7. The van der Waals surface area contributed by atoms with Gasteiger partial charge in [0.05, 0.1) is 17.4 Å². The molecule has 0 saturated heterocycles. The zero-order chi connectivity index (χ0) is 27.9. The first-order valence-electron chi connectivity index (χ1n) is 14.1. The molecule has 1 heterocycles. The molecule has 1 N–H and O–H groups in total. The lowest BCUT2D eigenvalue weighted by Gasteiger charge is -2.37. The minimum absolute atomic E-state index is 0.0818. The number of nitrogens with zero attached hydrogens (tertiary/aromatic N) is 1. The van der Waals surface area contributed by atoms with Gasteiger partial charge in [-0.15, -0.1) is 0 Å². The van der Waals surface area contributed by atoms with E-state index in [1.54, 1.807) is 0 Å². The number of halogens is 4. The van der Waals surface area contributed by atoms with Crippen molar-refractivity contribution in [1.29, 1.82) is 0 Å². The third-order valence-corrected chi connectivity index (χ3v) is 8.41. The lowest BCUT2D eigenvalue weighted by Crippen LogP contribution is -2.29. The maximum atomic E-state index is 16.8. The maximum absolute atomic E-state index is 16.8. The summed E-state index contributed by atoms with van der Waals surface area (Å²) in [6, 6.07) is 12.4. The molecule has 0 bridgehead atoms. The third-order valence-electron chi connectivity index (χ3n) is 8.41. The van der Waals surface area contributed by atoms with E-state index in [9.17, 15) is 18.3 Å². The molecule has 5 rings (SSSR count).